The first-order chi connectivity index (χ1) is 12.3. The number of ether oxygens (including phenoxy) is 1. The molecule has 1 aromatic rings. The van der Waals surface area contributed by atoms with E-state index in [0.717, 1.165) is 0 Å². The maximum atomic E-state index is 12.6. The molecule has 0 saturated carbocycles. The van der Waals surface area contributed by atoms with E-state index in [0.29, 0.717) is 5.69 Å². The van der Waals surface area contributed by atoms with Gasteiger partial charge in [0.2, 0.25) is 5.91 Å². The molecule has 2 rings (SSSR count). The van der Waals surface area contributed by atoms with Crippen molar-refractivity contribution in [1.82, 2.24) is 4.90 Å². The lowest BCUT2D eigenvalue weighted by Crippen LogP contribution is -2.46. The fourth-order valence-corrected chi connectivity index (χ4v) is 3.08. The van der Waals surface area contributed by atoms with Crippen LogP contribution in [0.4, 0.5) is 10.5 Å². The van der Waals surface area contributed by atoms with E-state index in [4.69, 9.17) is 10.5 Å². The highest BCUT2D eigenvalue weighted by Crippen LogP contribution is 2.26. The van der Waals surface area contributed by atoms with Gasteiger partial charge < -0.3 is 15.4 Å². The van der Waals surface area contributed by atoms with Gasteiger partial charge in [0.05, 0.1) is 6.04 Å². The van der Waals surface area contributed by atoms with Crippen molar-refractivity contribution in [3.05, 3.63) is 30.3 Å². The van der Waals surface area contributed by atoms with Crippen molar-refractivity contribution < 1.29 is 23.9 Å². The van der Waals surface area contributed by atoms with Gasteiger partial charge in [-0.3, -0.25) is 19.7 Å². The molecule has 1 aliphatic rings. The van der Waals surface area contributed by atoms with Crippen LogP contribution in [0.2, 0.25) is 0 Å². The molecule has 26 heavy (non-hydrogen) atoms. The molecular formula is C18H23N3O5. The van der Waals surface area contributed by atoms with Crippen molar-refractivity contribution in [3.8, 4) is 0 Å². The fourth-order valence-electron chi connectivity index (χ4n) is 3.08. The fraction of sp³-hybridized carbons (Fsp3) is 0.444. The third kappa shape index (κ3) is 4.81. The van der Waals surface area contributed by atoms with Crippen LogP contribution in [0.3, 0.4) is 0 Å². The molecule has 0 aliphatic carbocycles. The second-order valence-corrected chi connectivity index (χ2v) is 6.35. The number of hydrogen-bond donors (Lipinski definition) is 2. The van der Waals surface area contributed by atoms with Crippen LogP contribution in [0, 0.1) is 0 Å². The van der Waals surface area contributed by atoms with E-state index in [-0.39, 0.29) is 31.1 Å². The van der Waals surface area contributed by atoms with Crippen molar-refractivity contribution in [2.24, 2.45) is 5.73 Å². The highest BCUT2D eigenvalue weighted by Gasteiger charge is 2.44. The van der Waals surface area contributed by atoms with Gasteiger partial charge in [-0.1, -0.05) is 18.2 Å². The molecule has 1 fully saturated rings. The quantitative estimate of drug-likeness (QED) is 0.762. The Balaban J connectivity index is 2.02. The van der Waals surface area contributed by atoms with Crippen LogP contribution in [0.25, 0.3) is 0 Å². The van der Waals surface area contributed by atoms with Crippen molar-refractivity contribution in [2.45, 2.75) is 51.3 Å². The third-order valence-corrected chi connectivity index (χ3v) is 4.30. The van der Waals surface area contributed by atoms with E-state index in [1.807, 2.05) is 6.07 Å². The first-order valence-electron chi connectivity index (χ1n) is 8.43. The van der Waals surface area contributed by atoms with Crippen LogP contribution in [-0.4, -0.2) is 46.8 Å². The van der Waals surface area contributed by atoms with Crippen LogP contribution in [0.1, 0.15) is 33.1 Å². The Hall–Kier alpha value is -2.90. The normalized spacial score (nSPS) is 20.5. The lowest BCUT2D eigenvalue weighted by atomic mass is 10.0. The number of carbonyl (C=O) groups excluding carboxylic acids is 4. The van der Waals surface area contributed by atoms with Crippen molar-refractivity contribution >= 4 is 29.4 Å². The molecule has 1 aliphatic heterocycles. The molecular weight excluding hydrogens is 338 g/mol. The maximum Gasteiger partial charge on any atom is 0.412 e. The monoisotopic (exact) mass is 361 g/mol. The molecule has 3 atom stereocenters. The van der Waals surface area contributed by atoms with Crippen LogP contribution < -0.4 is 11.1 Å². The van der Waals surface area contributed by atoms with E-state index >= 15 is 0 Å². The molecule has 140 valence electrons. The SMILES string of the molecule is CC(=O)C(CCC(N)=O)N1C(=O)[C@@H](OC(=O)Nc2ccccc2)CC1C. The summed E-state index contributed by atoms with van der Waals surface area (Å²) in [6.45, 7) is 3.14. The number of hydrogen-bond acceptors (Lipinski definition) is 5. The number of nitrogens with one attached hydrogen (secondary N) is 1. The first kappa shape index (κ1) is 19.4. The number of nitrogens with two attached hydrogens (primary N) is 1. The number of anilines is 1. The molecule has 3 N–H and O–H groups in total. The second kappa shape index (κ2) is 8.46. The molecule has 0 aromatic heterocycles. The van der Waals surface area contributed by atoms with E-state index in [1.165, 1.54) is 11.8 Å². The second-order valence-electron chi connectivity index (χ2n) is 6.35. The molecule has 1 saturated heterocycles. The number of rotatable bonds is 7. The number of nitrogens with zero attached hydrogens (tertiary/aromatic N) is 1. The van der Waals surface area contributed by atoms with E-state index in [1.54, 1.807) is 31.2 Å². The van der Waals surface area contributed by atoms with E-state index in [2.05, 4.69) is 5.32 Å². The van der Waals surface area contributed by atoms with Gasteiger partial charge in [0.25, 0.3) is 5.91 Å². The van der Waals surface area contributed by atoms with Crippen LogP contribution in [-0.2, 0) is 19.1 Å². The Morgan fingerprint density at radius 2 is 1.96 bits per heavy atom. The summed E-state index contributed by atoms with van der Waals surface area (Å²) < 4.78 is 5.24. The van der Waals surface area contributed by atoms with Gasteiger partial charge in [0, 0.05) is 24.6 Å². The third-order valence-electron chi connectivity index (χ3n) is 4.30. The smallest absolute Gasteiger partial charge is 0.412 e. The minimum atomic E-state index is -0.968. The summed E-state index contributed by atoms with van der Waals surface area (Å²) in [7, 11) is 0. The summed E-state index contributed by atoms with van der Waals surface area (Å²) >= 11 is 0. The zero-order valence-corrected chi connectivity index (χ0v) is 14.8. The van der Waals surface area contributed by atoms with E-state index < -0.39 is 30.1 Å². The molecule has 8 nitrogen and oxygen atoms in total. The lowest BCUT2D eigenvalue weighted by Gasteiger charge is -2.29. The predicted molar refractivity (Wildman–Crippen MR) is 94.2 cm³/mol. The van der Waals surface area contributed by atoms with Crippen LogP contribution >= 0.6 is 0 Å². The Bertz CT molecular complexity index is 691. The minimum Gasteiger partial charge on any atom is -0.436 e. The van der Waals surface area contributed by atoms with Crippen LogP contribution in [0.5, 0.6) is 0 Å². The average molecular weight is 361 g/mol. The van der Waals surface area contributed by atoms with Crippen LogP contribution in [0.15, 0.2) is 30.3 Å². The predicted octanol–water partition coefficient (Wildman–Crippen LogP) is 1.45. The first-order valence-corrected chi connectivity index (χ1v) is 8.43. The molecule has 0 spiro atoms. The van der Waals surface area contributed by atoms with Gasteiger partial charge in [-0.2, -0.15) is 0 Å². The molecule has 3 amide bonds. The van der Waals surface area contributed by atoms with Crippen molar-refractivity contribution in [1.29, 1.82) is 0 Å². The Kier molecular flexibility index (Phi) is 6.32. The van der Waals surface area contributed by atoms with Crippen molar-refractivity contribution in [3.63, 3.8) is 0 Å². The lowest BCUT2D eigenvalue weighted by molar-refractivity contribution is -0.142. The summed E-state index contributed by atoms with van der Waals surface area (Å²) in [6, 6.07) is 7.68. The Morgan fingerprint density at radius 3 is 2.54 bits per heavy atom. The number of para-hydroxylation sites is 1. The maximum absolute atomic E-state index is 12.6. The topological polar surface area (TPSA) is 119 Å². The Morgan fingerprint density at radius 1 is 1.31 bits per heavy atom. The zero-order valence-electron chi connectivity index (χ0n) is 14.8. The van der Waals surface area contributed by atoms with Gasteiger partial charge in [-0.15, -0.1) is 0 Å². The van der Waals surface area contributed by atoms with Gasteiger partial charge in [-0.05, 0) is 32.4 Å². The summed E-state index contributed by atoms with van der Waals surface area (Å²) in [5.74, 6) is -1.21. The number of primary amides is 1. The molecule has 0 radical (unpaired) electrons. The van der Waals surface area contributed by atoms with Crippen molar-refractivity contribution in [2.75, 3.05) is 5.32 Å². The highest BCUT2D eigenvalue weighted by molar-refractivity contribution is 5.93. The number of ketones is 1. The van der Waals surface area contributed by atoms with Gasteiger partial charge >= 0.3 is 6.09 Å². The molecule has 1 heterocycles. The van der Waals surface area contributed by atoms with E-state index in [9.17, 15) is 19.2 Å². The molecule has 2 unspecified atom stereocenters. The molecule has 8 heteroatoms. The average Bonchev–Trinajstić information content (AvgIpc) is 2.83. The summed E-state index contributed by atoms with van der Waals surface area (Å²) in [5, 5.41) is 2.55. The summed E-state index contributed by atoms with van der Waals surface area (Å²) in [5.41, 5.74) is 5.70. The highest BCUT2D eigenvalue weighted by atomic mass is 16.6. The van der Waals surface area contributed by atoms with Gasteiger partial charge in [-0.25, -0.2) is 4.79 Å². The summed E-state index contributed by atoms with van der Waals surface area (Å²) in [6.07, 6.45) is -1.27. The minimum absolute atomic E-state index is 0.000758. The van der Waals surface area contributed by atoms with Gasteiger partial charge in [0.15, 0.2) is 11.9 Å². The standard InChI is InChI=1S/C18H23N3O5/c1-11-10-15(26-18(25)20-13-6-4-3-5-7-13)17(24)21(11)14(12(2)22)8-9-16(19)23/h3-7,11,14-15H,8-10H2,1-2H3,(H2,19,23)(H,20,25)/t11?,14?,15-/m0/s1. The number of likely N-dealkylation sites (tertiary alicyclic amines) is 1. The van der Waals surface area contributed by atoms with Gasteiger partial charge in [0.1, 0.15) is 0 Å². The number of carbonyl (C=O) groups is 4. The number of benzene rings is 1. The zero-order chi connectivity index (χ0) is 19.3. The Labute approximate surface area is 151 Å². The molecule has 0 bridgehead atoms. The number of amides is 3. The summed E-state index contributed by atoms with van der Waals surface area (Å²) in [4.78, 5) is 49.0. The number of Topliss-reactive ketones (excluding diaryl/α,β-unsaturated/α-hetero) is 1. The largest absolute Gasteiger partial charge is 0.436 e. The molecule has 1 aromatic carbocycles.